The molecule has 6 nitrogen and oxygen atoms in total. The van der Waals surface area contributed by atoms with Crippen molar-refractivity contribution in [2.24, 2.45) is 0 Å². The average molecular weight is 282 g/mol. The molecule has 1 amide bonds. The van der Waals surface area contributed by atoms with E-state index in [2.05, 4.69) is 0 Å². The summed E-state index contributed by atoms with van der Waals surface area (Å²) >= 11 is 0. The third-order valence-corrected chi connectivity index (χ3v) is 3.36. The fourth-order valence-corrected chi connectivity index (χ4v) is 2.44. The SMILES string of the molecule is CCCC1(O)CN(C(=O)c2ccc(F)cc2[N+](=O)[O-])C1. The van der Waals surface area contributed by atoms with Crippen molar-refractivity contribution in [3.05, 3.63) is 39.7 Å². The van der Waals surface area contributed by atoms with E-state index < -0.39 is 27.9 Å². The lowest BCUT2D eigenvalue weighted by Crippen LogP contribution is -2.63. The molecule has 0 aliphatic carbocycles. The minimum Gasteiger partial charge on any atom is -0.386 e. The maximum Gasteiger partial charge on any atom is 0.285 e. The number of nitro benzene ring substituents is 1. The van der Waals surface area contributed by atoms with Crippen LogP contribution in [0.5, 0.6) is 0 Å². The molecule has 0 radical (unpaired) electrons. The molecule has 1 heterocycles. The van der Waals surface area contributed by atoms with Gasteiger partial charge in [-0.2, -0.15) is 0 Å². The third kappa shape index (κ3) is 2.62. The van der Waals surface area contributed by atoms with Crippen LogP contribution in [-0.4, -0.2) is 39.5 Å². The summed E-state index contributed by atoms with van der Waals surface area (Å²) in [5.41, 5.74) is -1.62. The van der Waals surface area contributed by atoms with E-state index in [1.54, 1.807) is 0 Å². The normalized spacial score (nSPS) is 16.6. The summed E-state index contributed by atoms with van der Waals surface area (Å²) in [7, 11) is 0. The summed E-state index contributed by atoms with van der Waals surface area (Å²) in [5, 5.41) is 20.9. The van der Waals surface area contributed by atoms with Gasteiger partial charge in [0.05, 0.1) is 29.7 Å². The molecular weight excluding hydrogens is 267 g/mol. The first kappa shape index (κ1) is 14.4. The lowest BCUT2D eigenvalue weighted by Gasteiger charge is -2.46. The summed E-state index contributed by atoms with van der Waals surface area (Å²) < 4.78 is 13.0. The number of amides is 1. The molecule has 1 saturated heterocycles. The molecule has 0 aromatic heterocycles. The highest BCUT2D eigenvalue weighted by atomic mass is 19.1. The number of aliphatic hydroxyl groups is 1. The van der Waals surface area contributed by atoms with Gasteiger partial charge in [-0.25, -0.2) is 4.39 Å². The van der Waals surface area contributed by atoms with E-state index in [9.17, 15) is 24.4 Å². The number of nitrogens with zero attached hydrogens (tertiary/aromatic N) is 2. The molecule has 108 valence electrons. The van der Waals surface area contributed by atoms with E-state index in [4.69, 9.17) is 0 Å². The smallest absolute Gasteiger partial charge is 0.285 e. The fraction of sp³-hybridized carbons (Fsp3) is 0.462. The first-order chi connectivity index (χ1) is 9.36. The van der Waals surface area contributed by atoms with Crippen LogP contribution < -0.4 is 0 Å². The van der Waals surface area contributed by atoms with Gasteiger partial charge in [-0.1, -0.05) is 13.3 Å². The fourth-order valence-electron chi connectivity index (χ4n) is 2.44. The zero-order chi connectivity index (χ0) is 14.9. The predicted molar refractivity (Wildman–Crippen MR) is 68.8 cm³/mol. The van der Waals surface area contributed by atoms with Gasteiger partial charge >= 0.3 is 0 Å². The van der Waals surface area contributed by atoms with Crippen molar-refractivity contribution in [2.45, 2.75) is 25.4 Å². The Morgan fingerprint density at radius 1 is 1.55 bits per heavy atom. The highest BCUT2D eigenvalue weighted by Crippen LogP contribution is 2.29. The van der Waals surface area contributed by atoms with Crippen LogP contribution >= 0.6 is 0 Å². The Labute approximate surface area is 115 Å². The molecule has 1 N–H and O–H groups in total. The second-order valence-corrected chi connectivity index (χ2v) is 5.05. The number of halogens is 1. The van der Waals surface area contributed by atoms with E-state index in [0.717, 1.165) is 24.6 Å². The zero-order valence-corrected chi connectivity index (χ0v) is 11.0. The molecule has 1 fully saturated rings. The Balaban J connectivity index is 2.18. The quantitative estimate of drug-likeness (QED) is 0.673. The standard InChI is InChI=1S/C13H15FN2O4/c1-2-5-13(18)7-15(8-13)12(17)10-4-3-9(14)6-11(10)16(19)20/h3-4,6,18H,2,5,7-8H2,1H3. The minimum absolute atomic E-state index is 0.147. The van der Waals surface area contributed by atoms with Gasteiger partial charge < -0.3 is 10.0 Å². The van der Waals surface area contributed by atoms with Crippen molar-refractivity contribution >= 4 is 11.6 Å². The molecule has 0 unspecified atom stereocenters. The Hall–Kier alpha value is -2.02. The van der Waals surface area contributed by atoms with Crippen LogP contribution in [0.4, 0.5) is 10.1 Å². The van der Waals surface area contributed by atoms with Gasteiger partial charge in [-0.15, -0.1) is 0 Å². The van der Waals surface area contributed by atoms with E-state index in [1.165, 1.54) is 4.90 Å². The monoisotopic (exact) mass is 282 g/mol. The van der Waals surface area contributed by atoms with E-state index in [1.807, 2.05) is 6.92 Å². The van der Waals surface area contributed by atoms with Gasteiger partial charge in [0.25, 0.3) is 11.6 Å². The second kappa shape index (κ2) is 5.16. The van der Waals surface area contributed by atoms with Gasteiger partial charge in [0.1, 0.15) is 11.4 Å². The van der Waals surface area contributed by atoms with Gasteiger partial charge in [-0.3, -0.25) is 14.9 Å². The molecule has 20 heavy (non-hydrogen) atoms. The highest BCUT2D eigenvalue weighted by molar-refractivity contribution is 5.98. The summed E-state index contributed by atoms with van der Waals surface area (Å²) in [4.78, 5) is 23.5. The first-order valence-corrected chi connectivity index (χ1v) is 6.32. The van der Waals surface area contributed by atoms with E-state index in [-0.39, 0.29) is 18.7 Å². The molecule has 0 spiro atoms. The summed E-state index contributed by atoms with van der Waals surface area (Å²) in [5.74, 6) is -1.32. The van der Waals surface area contributed by atoms with Crippen LogP contribution in [0.3, 0.4) is 0 Å². The molecule has 1 aromatic rings. The van der Waals surface area contributed by atoms with Crippen molar-refractivity contribution in [3.8, 4) is 0 Å². The summed E-state index contributed by atoms with van der Waals surface area (Å²) in [6, 6.07) is 2.84. The highest BCUT2D eigenvalue weighted by Gasteiger charge is 2.44. The zero-order valence-electron chi connectivity index (χ0n) is 11.0. The Bertz CT molecular complexity index is 555. The molecule has 0 atom stereocenters. The number of carbonyl (C=O) groups is 1. The van der Waals surface area contributed by atoms with Crippen molar-refractivity contribution < 1.29 is 19.2 Å². The van der Waals surface area contributed by atoms with E-state index >= 15 is 0 Å². The minimum atomic E-state index is -0.904. The summed E-state index contributed by atoms with van der Waals surface area (Å²) in [6.45, 7) is 2.22. The van der Waals surface area contributed by atoms with Crippen molar-refractivity contribution in [2.75, 3.05) is 13.1 Å². The van der Waals surface area contributed by atoms with Crippen molar-refractivity contribution in [3.63, 3.8) is 0 Å². The molecule has 1 aliphatic heterocycles. The van der Waals surface area contributed by atoms with Crippen LogP contribution in [0, 0.1) is 15.9 Å². The molecule has 7 heteroatoms. The number of carbonyl (C=O) groups excluding carboxylic acids is 1. The molecular formula is C13H15FN2O4. The number of β-amino-alcohol motifs (C(OH)–C–C–N with tert-alkyl or cyclic N) is 1. The van der Waals surface area contributed by atoms with Crippen molar-refractivity contribution in [1.82, 2.24) is 4.90 Å². The maximum absolute atomic E-state index is 13.0. The lowest BCUT2D eigenvalue weighted by atomic mass is 9.88. The first-order valence-electron chi connectivity index (χ1n) is 6.32. The Morgan fingerprint density at radius 2 is 2.20 bits per heavy atom. The third-order valence-electron chi connectivity index (χ3n) is 3.36. The van der Waals surface area contributed by atoms with Gasteiger partial charge in [0, 0.05) is 0 Å². The van der Waals surface area contributed by atoms with Crippen LogP contribution in [-0.2, 0) is 0 Å². The topological polar surface area (TPSA) is 83.7 Å². The Kier molecular flexibility index (Phi) is 3.71. The lowest BCUT2D eigenvalue weighted by molar-refractivity contribution is -0.385. The number of hydrogen-bond donors (Lipinski definition) is 1. The van der Waals surface area contributed by atoms with Gasteiger partial charge in [-0.05, 0) is 18.6 Å². The average Bonchev–Trinajstić information content (AvgIpc) is 2.35. The molecule has 1 aliphatic rings. The summed E-state index contributed by atoms with van der Waals surface area (Å²) in [6.07, 6.45) is 1.36. The Morgan fingerprint density at radius 3 is 2.75 bits per heavy atom. The largest absolute Gasteiger partial charge is 0.386 e. The number of likely N-dealkylation sites (tertiary alicyclic amines) is 1. The van der Waals surface area contributed by atoms with Crippen molar-refractivity contribution in [1.29, 1.82) is 0 Å². The number of nitro groups is 1. The molecule has 0 saturated carbocycles. The predicted octanol–water partition coefficient (Wildman–Crippen LogP) is 1.72. The van der Waals surface area contributed by atoms with Gasteiger partial charge in [0.15, 0.2) is 0 Å². The number of rotatable bonds is 4. The van der Waals surface area contributed by atoms with Crippen LogP contribution in [0.25, 0.3) is 0 Å². The molecule has 1 aromatic carbocycles. The van der Waals surface area contributed by atoms with Crippen LogP contribution in [0.1, 0.15) is 30.1 Å². The van der Waals surface area contributed by atoms with E-state index in [0.29, 0.717) is 6.42 Å². The van der Waals surface area contributed by atoms with Crippen LogP contribution in [0.15, 0.2) is 18.2 Å². The van der Waals surface area contributed by atoms with Crippen LogP contribution in [0.2, 0.25) is 0 Å². The number of hydrogen-bond acceptors (Lipinski definition) is 4. The van der Waals surface area contributed by atoms with Gasteiger partial charge in [0.2, 0.25) is 0 Å². The number of benzene rings is 1. The maximum atomic E-state index is 13.0. The second-order valence-electron chi connectivity index (χ2n) is 5.05. The molecule has 0 bridgehead atoms. The molecule has 2 rings (SSSR count).